The minimum Gasteiger partial charge on any atom is -0.319 e. The quantitative estimate of drug-likeness (QED) is 0.422. The highest BCUT2D eigenvalue weighted by molar-refractivity contribution is 6.91. The lowest BCUT2D eigenvalue weighted by Gasteiger charge is -2.46. The van der Waals surface area contributed by atoms with Crippen LogP contribution in [-0.4, -0.2) is 19.8 Å². The first-order valence-corrected chi connectivity index (χ1v) is 12.6. The van der Waals surface area contributed by atoms with Gasteiger partial charge in [0.15, 0.2) is 0 Å². The van der Waals surface area contributed by atoms with Crippen LogP contribution < -0.4 is 5.19 Å². The van der Waals surface area contributed by atoms with E-state index in [9.17, 15) is 4.79 Å². The maximum absolute atomic E-state index is 11.3. The smallest absolute Gasteiger partial charge is 0.319 e. The third kappa shape index (κ3) is 4.60. The van der Waals surface area contributed by atoms with Crippen molar-refractivity contribution in [3.05, 3.63) is 30.3 Å². The van der Waals surface area contributed by atoms with Crippen molar-refractivity contribution in [3.8, 4) is 0 Å². The van der Waals surface area contributed by atoms with E-state index in [-0.39, 0.29) is 5.97 Å². The normalized spacial score (nSPS) is 27.1. The maximum Gasteiger partial charge on any atom is 0.331 e. The van der Waals surface area contributed by atoms with E-state index < -0.39 is 8.07 Å². The van der Waals surface area contributed by atoms with Crippen molar-refractivity contribution in [1.82, 2.24) is 0 Å². The lowest BCUT2D eigenvalue weighted by Crippen LogP contribution is -2.53. The Labute approximate surface area is 153 Å². The molecule has 0 aliphatic heterocycles. The summed E-state index contributed by atoms with van der Waals surface area (Å²) >= 11 is 0. The first-order valence-electron chi connectivity index (χ1n) is 9.57. The molecule has 2 rings (SSSR count). The molecule has 1 aliphatic rings. The number of nitrogens with zero attached hydrogens (tertiary/aromatic N) is 1. The summed E-state index contributed by atoms with van der Waals surface area (Å²) in [4.78, 5) is 16.4. The van der Waals surface area contributed by atoms with Crippen molar-refractivity contribution in [2.24, 2.45) is 22.9 Å². The van der Waals surface area contributed by atoms with E-state index in [2.05, 4.69) is 69.4 Å². The van der Waals surface area contributed by atoms with Crippen molar-refractivity contribution >= 4 is 24.9 Å². The molecule has 4 heteroatoms. The Hall–Kier alpha value is -1.42. The van der Waals surface area contributed by atoms with E-state index in [4.69, 9.17) is 4.84 Å². The number of oxime groups is 1. The summed E-state index contributed by atoms with van der Waals surface area (Å²) in [6.07, 6.45) is 3.30. The van der Waals surface area contributed by atoms with Crippen LogP contribution in [0.2, 0.25) is 18.6 Å². The van der Waals surface area contributed by atoms with E-state index in [1.54, 1.807) is 0 Å². The standard InChI is InChI=1S/C21H33NO2Si/c1-7-16(3)21-19(22-24-17(4)23)13-15(2)14-20(21)25(5,6)18-11-9-8-10-12-18/h8-12,15-16,20-21H,7,13-14H2,1-6H3/b22-19+/t15-,16+,20+,21+/m0/s1. The minimum atomic E-state index is -1.68. The van der Waals surface area contributed by atoms with Crippen LogP contribution in [-0.2, 0) is 9.63 Å². The van der Waals surface area contributed by atoms with Gasteiger partial charge < -0.3 is 4.84 Å². The molecule has 0 heterocycles. The molecule has 0 N–H and O–H groups in total. The summed E-state index contributed by atoms with van der Waals surface area (Å²) in [6, 6.07) is 11.0. The third-order valence-corrected chi connectivity index (χ3v) is 10.3. The van der Waals surface area contributed by atoms with Crippen LogP contribution in [0.25, 0.3) is 0 Å². The van der Waals surface area contributed by atoms with E-state index >= 15 is 0 Å². The van der Waals surface area contributed by atoms with E-state index in [1.165, 1.54) is 18.5 Å². The first kappa shape index (κ1) is 19.9. The van der Waals surface area contributed by atoms with Gasteiger partial charge in [-0.15, -0.1) is 0 Å². The predicted molar refractivity (Wildman–Crippen MR) is 108 cm³/mol. The number of carbonyl (C=O) groups is 1. The van der Waals surface area contributed by atoms with E-state index in [0.29, 0.717) is 23.3 Å². The second-order valence-corrected chi connectivity index (χ2v) is 13.1. The Morgan fingerprint density at radius 1 is 1.32 bits per heavy atom. The molecule has 0 unspecified atom stereocenters. The highest BCUT2D eigenvalue weighted by Gasteiger charge is 2.46. The van der Waals surface area contributed by atoms with Gasteiger partial charge in [0.05, 0.1) is 13.8 Å². The van der Waals surface area contributed by atoms with Crippen LogP contribution in [0.1, 0.15) is 47.0 Å². The van der Waals surface area contributed by atoms with Crippen LogP contribution in [0.5, 0.6) is 0 Å². The summed E-state index contributed by atoms with van der Waals surface area (Å²) < 4.78 is 0. The van der Waals surface area contributed by atoms with Gasteiger partial charge in [-0.25, -0.2) is 4.79 Å². The lowest BCUT2D eigenvalue weighted by molar-refractivity contribution is -0.141. The van der Waals surface area contributed by atoms with Gasteiger partial charge in [0.1, 0.15) is 0 Å². The summed E-state index contributed by atoms with van der Waals surface area (Å²) in [5.74, 6) is 1.20. The van der Waals surface area contributed by atoms with Crippen molar-refractivity contribution in [3.63, 3.8) is 0 Å². The zero-order valence-electron chi connectivity index (χ0n) is 16.6. The third-order valence-electron chi connectivity index (χ3n) is 6.03. The Morgan fingerprint density at radius 2 is 1.96 bits per heavy atom. The highest BCUT2D eigenvalue weighted by atomic mass is 28.3. The Kier molecular flexibility index (Phi) is 6.61. The second kappa shape index (κ2) is 8.30. The molecule has 25 heavy (non-hydrogen) atoms. The summed E-state index contributed by atoms with van der Waals surface area (Å²) in [5.41, 5.74) is 1.72. The molecule has 0 radical (unpaired) electrons. The van der Waals surface area contributed by atoms with Crippen LogP contribution in [0, 0.1) is 17.8 Å². The molecule has 0 aromatic heterocycles. The fraction of sp³-hybridized carbons (Fsp3) is 0.619. The Morgan fingerprint density at radius 3 is 2.52 bits per heavy atom. The van der Waals surface area contributed by atoms with Crippen molar-refractivity contribution < 1.29 is 9.63 Å². The number of carbonyl (C=O) groups excluding carboxylic acids is 1. The molecule has 0 bridgehead atoms. The van der Waals surface area contributed by atoms with Gasteiger partial charge in [0, 0.05) is 12.8 Å². The van der Waals surface area contributed by atoms with Gasteiger partial charge in [-0.2, -0.15) is 0 Å². The summed E-state index contributed by atoms with van der Waals surface area (Å²) in [7, 11) is -1.68. The van der Waals surface area contributed by atoms with Gasteiger partial charge in [-0.05, 0) is 30.2 Å². The molecular weight excluding hydrogens is 326 g/mol. The summed E-state index contributed by atoms with van der Waals surface area (Å²) in [6.45, 7) is 13.3. The monoisotopic (exact) mass is 359 g/mol. The molecule has 0 amide bonds. The number of rotatable bonds is 5. The summed E-state index contributed by atoms with van der Waals surface area (Å²) in [5, 5.41) is 5.84. The number of hydrogen-bond donors (Lipinski definition) is 0. The molecule has 1 fully saturated rings. The van der Waals surface area contributed by atoms with E-state index in [0.717, 1.165) is 18.6 Å². The van der Waals surface area contributed by atoms with Gasteiger partial charge in [0.25, 0.3) is 0 Å². The van der Waals surface area contributed by atoms with Crippen LogP contribution in [0.15, 0.2) is 35.5 Å². The van der Waals surface area contributed by atoms with Crippen LogP contribution in [0.4, 0.5) is 0 Å². The van der Waals surface area contributed by atoms with Crippen molar-refractivity contribution in [2.45, 2.75) is 65.6 Å². The zero-order valence-corrected chi connectivity index (χ0v) is 17.6. The molecule has 4 atom stereocenters. The zero-order chi connectivity index (χ0) is 18.6. The second-order valence-electron chi connectivity index (χ2n) is 8.32. The Bertz CT molecular complexity index is 612. The molecule has 1 saturated carbocycles. The topological polar surface area (TPSA) is 38.7 Å². The maximum atomic E-state index is 11.3. The van der Waals surface area contributed by atoms with Crippen LogP contribution >= 0.6 is 0 Å². The van der Waals surface area contributed by atoms with Gasteiger partial charge >= 0.3 is 5.97 Å². The highest BCUT2D eigenvalue weighted by Crippen LogP contribution is 2.46. The SMILES string of the molecule is CC[C@@H](C)[C@@H]1/C(=N/OC(C)=O)C[C@H](C)C[C@H]1[Si](C)(C)c1ccccc1. The van der Waals surface area contributed by atoms with Crippen molar-refractivity contribution in [2.75, 3.05) is 0 Å². The van der Waals surface area contributed by atoms with Gasteiger partial charge in [-0.1, -0.05) is 81.0 Å². The fourth-order valence-corrected chi connectivity index (χ4v) is 8.30. The average molecular weight is 360 g/mol. The molecule has 3 nitrogen and oxygen atoms in total. The van der Waals surface area contributed by atoms with Crippen molar-refractivity contribution in [1.29, 1.82) is 0 Å². The minimum absolute atomic E-state index is 0.329. The number of hydrogen-bond acceptors (Lipinski definition) is 3. The average Bonchev–Trinajstić information content (AvgIpc) is 2.59. The van der Waals surface area contributed by atoms with Crippen LogP contribution in [0.3, 0.4) is 0 Å². The lowest BCUT2D eigenvalue weighted by atomic mass is 9.74. The molecule has 0 spiro atoms. The molecule has 1 aromatic rings. The number of benzene rings is 1. The largest absolute Gasteiger partial charge is 0.331 e. The predicted octanol–water partition coefficient (Wildman–Crippen LogP) is 4.98. The fourth-order valence-electron chi connectivity index (χ4n) is 4.41. The van der Waals surface area contributed by atoms with Gasteiger partial charge in [-0.3, -0.25) is 0 Å². The molecular formula is C21H33NO2Si. The van der Waals surface area contributed by atoms with Gasteiger partial charge in [0.2, 0.25) is 0 Å². The molecule has 1 aromatic carbocycles. The molecule has 1 aliphatic carbocycles. The Balaban J connectivity index is 2.44. The molecule has 138 valence electrons. The first-order chi connectivity index (χ1) is 11.8. The van der Waals surface area contributed by atoms with E-state index in [1.807, 2.05) is 0 Å². The molecule has 0 saturated heterocycles.